The summed E-state index contributed by atoms with van der Waals surface area (Å²) in [5, 5.41) is 3.41. The molecule has 2 rings (SSSR count). The third-order valence-corrected chi connectivity index (χ3v) is 3.16. The van der Waals surface area contributed by atoms with Gasteiger partial charge in [-0.2, -0.15) is 0 Å². The van der Waals surface area contributed by atoms with Crippen molar-refractivity contribution in [1.82, 2.24) is 5.32 Å². The van der Waals surface area contributed by atoms with E-state index in [0.29, 0.717) is 18.2 Å². The van der Waals surface area contributed by atoms with Gasteiger partial charge in [0.2, 0.25) is 11.8 Å². The van der Waals surface area contributed by atoms with Crippen molar-refractivity contribution in [2.45, 2.75) is 18.4 Å². The maximum atomic E-state index is 12.0. The van der Waals surface area contributed by atoms with E-state index in [1.165, 1.54) is 0 Å². The van der Waals surface area contributed by atoms with Crippen LogP contribution in [0.5, 0.6) is 0 Å². The Morgan fingerprint density at radius 3 is 2.68 bits per heavy atom. The topological polar surface area (TPSA) is 81.4 Å². The highest BCUT2D eigenvalue weighted by molar-refractivity contribution is 6.30. The molecule has 0 unspecified atom stereocenters. The minimum Gasteiger partial charge on any atom is -0.376 e. The molecule has 3 N–H and O–H groups in total. The van der Waals surface area contributed by atoms with Crippen LogP contribution in [0, 0.1) is 0 Å². The Balaban J connectivity index is 1.95. The Morgan fingerprint density at radius 1 is 1.42 bits per heavy atom. The first kappa shape index (κ1) is 13.8. The second-order valence-electron chi connectivity index (χ2n) is 4.77. The fraction of sp³-hybridized carbons (Fsp3) is 0.385. The van der Waals surface area contributed by atoms with Crippen molar-refractivity contribution >= 4 is 23.4 Å². The molecule has 0 saturated carbocycles. The van der Waals surface area contributed by atoms with Crippen molar-refractivity contribution < 1.29 is 14.3 Å². The van der Waals surface area contributed by atoms with Crippen LogP contribution in [0.3, 0.4) is 0 Å². The van der Waals surface area contributed by atoms with Crippen molar-refractivity contribution in [3.8, 4) is 0 Å². The Bertz CT molecular complexity index is 500. The fourth-order valence-corrected chi connectivity index (χ4v) is 2.29. The molecule has 6 heteroatoms. The van der Waals surface area contributed by atoms with Gasteiger partial charge in [-0.25, -0.2) is 0 Å². The summed E-state index contributed by atoms with van der Waals surface area (Å²) >= 11 is 5.86. The molecule has 0 aromatic heterocycles. The molecule has 1 aliphatic heterocycles. The van der Waals surface area contributed by atoms with E-state index in [9.17, 15) is 9.59 Å². The van der Waals surface area contributed by atoms with E-state index in [-0.39, 0.29) is 18.7 Å². The minimum atomic E-state index is -0.637. The van der Waals surface area contributed by atoms with Crippen LogP contribution in [-0.4, -0.2) is 30.6 Å². The van der Waals surface area contributed by atoms with Crippen LogP contribution < -0.4 is 11.1 Å². The van der Waals surface area contributed by atoms with Gasteiger partial charge in [-0.3, -0.25) is 9.59 Å². The second-order valence-corrected chi connectivity index (χ2v) is 5.21. The molecule has 0 bridgehead atoms. The Kier molecular flexibility index (Phi) is 4.07. The molecule has 1 aromatic rings. The van der Waals surface area contributed by atoms with Crippen LogP contribution >= 0.6 is 11.6 Å². The lowest BCUT2D eigenvalue weighted by molar-refractivity contribution is -0.137. The zero-order chi connectivity index (χ0) is 13.9. The van der Waals surface area contributed by atoms with Crippen LogP contribution in [-0.2, 0) is 20.7 Å². The average molecular weight is 283 g/mol. The van der Waals surface area contributed by atoms with E-state index in [1.54, 1.807) is 18.2 Å². The summed E-state index contributed by atoms with van der Waals surface area (Å²) in [6.45, 7) is 0.633. The molecule has 19 heavy (non-hydrogen) atoms. The quantitative estimate of drug-likeness (QED) is 0.832. The summed E-state index contributed by atoms with van der Waals surface area (Å²) in [5.41, 5.74) is 5.35. The van der Waals surface area contributed by atoms with Gasteiger partial charge in [0.25, 0.3) is 0 Å². The number of halogens is 1. The number of benzene rings is 1. The predicted octanol–water partition coefficient (Wildman–Crippen LogP) is 0.643. The summed E-state index contributed by atoms with van der Waals surface area (Å²) in [6, 6.07) is 7.09. The highest BCUT2D eigenvalue weighted by atomic mass is 35.5. The number of carbonyl (C=O) groups excluding carboxylic acids is 2. The molecule has 1 aromatic carbocycles. The molecule has 1 fully saturated rings. The van der Waals surface area contributed by atoms with Gasteiger partial charge in [0.05, 0.1) is 31.6 Å². The maximum absolute atomic E-state index is 12.0. The first-order valence-electron chi connectivity index (χ1n) is 5.91. The average Bonchev–Trinajstić information content (AvgIpc) is 2.25. The standard InChI is InChI=1S/C13H15ClN2O3/c14-10-3-1-2-9(4-10)5-12(18)16-13(6-11(15)17)7-19-8-13/h1-4H,5-8H2,(H2,15,17)(H,16,18). The number of nitrogens with two attached hydrogens (primary N) is 1. The lowest BCUT2D eigenvalue weighted by Gasteiger charge is -2.41. The smallest absolute Gasteiger partial charge is 0.225 e. The van der Waals surface area contributed by atoms with Gasteiger partial charge >= 0.3 is 0 Å². The van der Waals surface area contributed by atoms with Crippen LogP contribution in [0.4, 0.5) is 0 Å². The van der Waals surface area contributed by atoms with Crippen LogP contribution in [0.2, 0.25) is 5.02 Å². The number of hydrogen-bond donors (Lipinski definition) is 2. The van der Waals surface area contributed by atoms with Gasteiger partial charge in [-0.1, -0.05) is 23.7 Å². The van der Waals surface area contributed by atoms with Gasteiger partial charge < -0.3 is 15.8 Å². The zero-order valence-electron chi connectivity index (χ0n) is 10.3. The minimum absolute atomic E-state index is 0.0916. The van der Waals surface area contributed by atoms with E-state index in [2.05, 4.69) is 5.32 Å². The summed E-state index contributed by atoms with van der Waals surface area (Å²) in [4.78, 5) is 22.9. The lowest BCUT2D eigenvalue weighted by atomic mass is 9.92. The number of ether oxygens (including phenoxy) is 1. The van der Waals surface area contributed by atoms with Crippen molar-refractivity contribution in [2.24, 2.45) is 5.73 Å². The molecule has 1 heterocycles. The van der Waals surface area contributed by atoms with Crippen LogP contribution in [0.25, 0.3) is 0 Å². The van der Waals surface area contributed by atoms with Crippen molar-refractivity contribution in [3.63, 3.8) is 0 Å². The number of nitrogens with one attached hydrogen (secondary N) is 1. The van der Waals surface area contributed by atoms with Crippen molar-refractivity contribution in [1.29, 1.82) is 0 Å². The maximum Gasteiger partial charge on any atom is 0.225 e. The number of hydrogen-bond acceptors (Lipinski definition) is 3. The first-order valence-corrected chi connectivity index (χ1v) is 6.28. The van der Waals surface area contributed by atoms with Gasteiger partial charge in [0.1, 0.15) is 0 Å². The molecule has 1 saturated heterocycles. The molecule has 5 nitrogen and oxygen atoms in total. The highest BCUT2D eigenvalue weighted by Gasteiger charge is 2.41. The van der Waals surface area contributed by atoms with E-state index in [4.69, 9.17) is 22.1 Å². The monoisotopic (exact) mass is 282 g/mol. The van der Waals surface area contributed by atoms with Gasteiger partial charge in [0, 0.05) is 5.02 Å². The van der Waals surface area contributed by atoms with E-state index < -0.39 is 11.4 Å². The third-order valence-electron chi connectivity index (χ3n) is 2.93. The second kappa shape index (κ2) is 5.59. The summed E-state index contributed by atoms with van der Waals surface area (Å²) in [5.74, 6) is -0.627. The summed E-state index contributed by atoms with van der Waals surface area (Å²) in [7, 11) is 0. The van der Waals surface area contributed by atoms with E-state index in [0.717, 1.165) is 5.56 Å². The number of carbonyl (C=O) groups is 2. The molecule has 1 aliphatic rings. The lowest BCUT2D eigenvalue weighted by Crippen LogP contribution is -2.63. The molecule has 102 valence electrons. The molecule has 0 atom stereocenters. The third kappa shape index (κ3) is 3.68. The first-order chi connectivity index (χ1) is 8.99. The molecular weight excluding hydrogens is 268 g/mol. The Morgan fingerprint density at radius 2 is 2.16 bits per heavy atom. The van der Waals surface area contributed by atoms with Crippen LogP contribution in [0.1, 0.15) is 12.0 Å². The van der Waals surface area contributed by atoms with Crippen molar-refractivity contribution in [3.05, 3.63) is 34.9 Å². The van der Waals surface area contributed by atoms with E-state index >= 15 is 0 Å². The Labute approximate surface area is 116 Å². The van der Waals surface area contributed by atoms with Gasteiger partial charge in [0.15, 0.2) is 0 Å². The van der Waals surface area contributed by atoms with Crippen LogP contribution in [0.15, 0.2) is 24.3 Å². The summed E-state index contributed by atoms with van der Waals surface area (Å²) < 4.78 is 5.07. The predicted molar refractivity (Wildman–Crippen MR) is 70.7 cm³/mol. The van der Waals surface area contributed by atoms with Gasteiger partial charge in [-0.15, -0.1) is 0 Å². The molecule has 0 aliphatic carbocycles. The fourth-order valence-electron chi connectivity index (χ4n) is 2.07. The van der Waals surface area contributed by atoms with Crippen molar-refractivity contribution in [2.75, 3.05) is 13.2 Å². The SMILES string of the molecule is NC(=O)CC1(NC(=O)Cc2cccc(Cl)c2)COC1. The molecule has 2 amide bonds. The van der Waals surface area contributed by atoms with E-state index in [1.807, 2.05) is 6.07 Å². The number of rotatable bonds is 5. The number of amides is 2. The normalized spacial score (nSPS) is 16.5. The van der Waals surface area contributed by atoms with Gasteiger partial charge in [-0.05, 0) is 17.7 Å². The zero-order valence-corrected chi connectivity index (χ0v) is 11.1. The highest BCUT2D eigenvalue weighted by Crippen LogP contribution is 2.21. The number of primary amides is 1. The summed E-state index contributed by atoms with van der Waals surface area (Å²) in [6.07, 6.45) is 0.301. The largest absolute Gasteiger partial charge is 0.376 e. The molecule has 0 radical (unpaired) electrons. The molecular formula is C13H15ClN2O3. The molecule has 0 spiro atoms. The Hall–Kier alpha value is -1.59.